The van der Waals surface area contributed by atoms with Crippen LogP contribution in [0.25, 0.3) is 11.0 Å². The van der Waals surface area contributed by atoms with Crippen LogP contribution in [0.1, 0.15) is 17.2 Å². The fraction of sp³-hybridized carbons (Fsp3) is 0.235. The van der Waals surface area contributed by atoms with Crippen LogP contribution >= 0.6 is 11.6 Å². The Bertz CT molecular complexity index is 821. The molecule has 1 aromatic carbocycles. The number of fused-ring (bicyclic) bond motifs is 1. The Labute approximate surface area is 145 Å². The van der Waals surface area contributed by atoms with Gasteiger partial charge in [0.2, 0.25) is 0 Å². The molecule has 0 unspecified atom stereocenters. The van der Waals surface area contributed by atoms with E-state index in [2.05, 4.69) is 25.6 Å². The van der Waals surface area contributed by atoms with Gasteiger partial charge in [0.05, 0.1) is 11.6 Å². The van der Waals surface area contributed by atoms with Crippen LogP contribution in [0.3, 0.4) is 0 Å². The average molecular weight is 343 g/mol. The number of aromatic nitrogens is 3. The summed E-state index contributed by atoms with van der Waals surface area (Å²) in [4.78, 5) is 13.1. The summed E-state index contributed by atoms with van der Waals surface area (Å²) >= 11 is 5.99. The lowest BCUT2D eigenvalue weighted by atomic mass is 10.1. The Balaban J connectivity index is 1.98. The van der Waals surface area contributed by atoms with Gasteiger partial charge in [-0.1, -0.05) is 23.7 Å². The maximum atomic E-state index is 5.99. The number of nitrogens with two attached hydrogens (primary N) is 1. The minimum absolute atomic E-state index is 0.0219. The summed E-state index contributed by atoms with van der Waals surface area (Å²) in [5.74, 6) is 0.686. The highest BCUT2D eigenvalue weighted by atomic mass is 35.5. The maximum Gasteiger partial charge on any atom is 0.156 e. The van der Waals surface area contributed by atoms with E-state index in [0.29, 0.717) is 17.4 Å². The molecule has 2 aromatic heterocycles. The van der Waals surface area contributed by atoms with E-state index in [-0.39, 0.29) is 6.04 Å². The Morgan fingerprint density at radius 3 is 2.58 bits per heavy atom. The Kier molecular flexibility index (Phi) is 5.20. The van der Waals surface area contributed by atoms with Gasteiger partial charge in [0.15, 0.2) is 5.82 Å². The van der Waals surface area contributed by atoms with Crippen LogP contribution in [0.2, 0.25) is 5.02 Å². The molecule has 4 N–H and O–H groups in total. The molecule has 24 heavy (non-hydrogen) atoms. The predicted molar refractivity (Wildman–Crippen MR) is 97.0 cm³/mol. The lowest BCUT2D eigenvalue weighted by Gasteiger charge is -2.20. The van der Waals surface area contributed by atoms with Crippen LogP contribution in [0, 0.1) is 0 Å². The van der Waals surface area contributed by atoms with E-state index in [9.17, 15) is 0 Å². The van der Waals surface area contributed by atoms with Gasteiger partial charge in [-0.25, -0.2) is 9.97 Å². The maximum absolute atomic E-state index is 5.99. The van der Waals surface area contributed by atoms with Crippen molar-refractivity contribution in [3.63, 3.8) is 0 Å². The molecule has 0 spiro atoms. The Morgan fingerprint density at radius 2 is 1.88 bits per heavy atom. The second-order valence-corrected chi connectivity index (χ2v) is 5.84. The first kappa shape index (κ1) is 16.6. The highest BCUT2D eigenvalue weighted by Crippen LogP contribution is 2.24. The van der Waals surface area contributed by atoms with E-state index < -0.39 is 0 Å². The van der Waals surface area contributed by atoms with Crippen LogP contribution in [0.4, 0.5) is 5.82 Å². The molecule has 2 heterocycles. The zero-order valence-corrected chi connectivity index (χ0v) is 14.1. The van der Waals surface area contributed by atoms with Gasteiger partial charge < -0.3 is 16.4 Å². The quantitative estimate of drug-likeness (QED) is 0.638. The third kappa shape index (κ3) is 3.46. The second kappa shape index (κ2) is 7.53. The zero-order valence-electron chi connectivity index (χ0n) is 13.3. The molecule has 0 amide bonds. The smallest absolute Gasteiger partial charge is 0.156 e. The molecule has 6 nitrogen and oxygen atoms in total. The number of nitrogens with one attached hydrogen (secondary N) is 2. The molecular formula is C17H19ClN6. The van der Waals surface area contributed by atoms with Crippen molar-refractivity contribution in [3.8, 4) is 0 Å². The highest BCUT2D eigenvalue weighted by molar-refractivity contribution is 6.30. The molecule has 0 saturated carbocycles. The first-order valence-electron chi connectivity index (χ1n) is 7.68. The average Bonchev–Trinajstić information content (AvgIpc) is 2.62. The first-order valence-corrected chi connectivity index (χ1v) is 8.06. The van der Waals surface area contributed by atoms with Crippen LogP contribution in [0.15, 0.2) is 42.9 Å². The van der Waals surface area contributed by atoms with Gasteiger partial charge in [-0.2, -0.15) is 0 Å². The van der Waals surface area contributed by atoms with Gasteiger partial charge in [0.1, 0.15) is 11.8 Å². The number of anilines is 1. The van der Waals surface area contributed by atoms with Crippen molar-refractivity contribution in [2.75, 3.05) is 18.9 Å². The first-order chi connectivity index (χ1) is 11.7. The largest absolute Gasteiger partial charge is 0.360 e. The second-order valence-electron chi connectivity index (χ2n) is 5.40. The van der Waals surface area contributed by atoms with Crippen LogP contribution in [-0.2, 0) is 6.54 Å². The summed E-state index contributed by atoms with van der Waals surface area (Å²) in [7, 11) is 1.91. The third-order valence-electron chi connectivity index (χ3n) is 3.82. The summed E-state index contributed by atoms with van der Waals surface area (Å²) in [6, 6.07) is 9.66. The number of hydrogen-bond acceptors (Lipinski definition) is 6. The molecule has 0 fully saturated rings. The number of pyridine rings is 1. The van der Waals surface area contributed by atoms with Crippen LogP contribution in [0.5, 0.6) is 0 Å². The van der Waals surface area contributed by atoms with Gasteiger partial charge in [0, 0.05) is 24.3 Å². The summed E-state index contributed by atoms with van der Waals surface area (Å²) in [6.07, 6.45) is 3.26. The van der Waals surface area contributed by atoms with Crippen molar-refractivity contribution >= 4 is 28.5 Å². The molecule has 3 rings (SSSR count). The van der Waals surface area contributed by atoms with Gasteiger partial charge in [0.25, 0.3) is 0 Å². The molecular weight excluding hydrogens is 324 g/mol. The van der Waals surface area contributed by atoms with E-state index in [1.165, 1.54) is 6.33 Å². The van der Waals surface area contributed by atoms with Crippen molar-refractivity contribution in [1.82, 2.24) is 20.3 Å². The SMILES string of the molecule is CNC[C@@H](Nc1ncnc2c(CN)ccnc12)c1ccc(Cl)cc1. The van der Waals surface area contributed by atoms with Crippen molar-refractivity contribution in [2.45, 2.75) is 12.6 Å². The fourth-order valence-electron chi connectivity index (χ4n) is 2.60. The van der Waals surface area contributed by atoms with E-state index >= 15 is 0 Å². The normalized spacial score (nSPS) is 12.3. The summed E-state index contributed by atoms with van der Waals surface area (Å²) in [5, 5.41) is 7.35. The van der Waals surface area contributed by atoms with Crippen LogP contribution < -0.4 is 16.4 Å². The van der Waals surface area contributed by atoms with E-state index in [1.807, 2.05) is 37.4 Å². The molecule has 0 aliphatic rings. The molecule has 0 aliphatic heterocycles. The Morgan fingerprint density at radius 1 is 1.08 bits per heavy atom. The van der Waals surface area contributed by atoms with E-state index in [0.717, 1.165) is 28.7 Å². The monoisotopic (exact) mass is 342 g/mol. The molecule has 0 bridgehead atoms. The van der Waals surface area contributed by atoms with Crippen molar-refractivity contribution < 1.29 is 0 Å². The van der Waals surface area contributed by atoms with Gasteiger partial charge >= 0.3 is 0 Å². The molecule has 124 valence electrons. The summed E-state index contributed by atoms with van der Waals surface area (Å²) in [6.45, 7) is 1.14. The zero-order chi connectivity index (χ0) is 16.9. The van der Waals surface area contributed by atoms with Crippen molar-refractivity contribution in [3.05, 3.63) is 59.0 Å². The highest BCUT2D eigenvalue weighted by Gasteiger charge is 2.15. The number of benzene rings is 1. The lowest BCUT2D eigenvalue weighted by molar-refractivity contribution is 0.687. The number of rotatable bonds is 6. The fourth-order valence-corrected chi connectivity index (χ4v) is 2.73. The third-order valence-corrected chi connectivity index (χ3v) is 4.07. The summed E-state index contributed by atoms with van der Waals surface area (Å²) < 4.78 is 0. The van der Waals surface area contributed by atoms with Gasteiger partial charge in [-0.05, 0) is 36.4 Å². The lowest BCUT2D eigenvalue weighted by Crippen LogP contribution is -2.24. The minimum atomic E-state index is 0.0219. The number of likely N-dealkylation sites (N-methyl/N-ethyl adjacent to an activating group) is 1. The molecule has 0 radical (unpaired) electrons. The molecule has 7 heteroatoms. The standard InChI is InChI=1S/C17H19ClN6/c1-20-9-14(11-2-4-13(18)5-3-11)24-17-16-15(22-10-23-17)12(8-19)6-7-21-16/h2-7,10,14,20H,8-9,19H2,1H3,(H,22,23,24)/t14-/m1/s1. The molecule has 0 aliphatic carbocycles. The minimum Gasteiger partial charge on any atom is -0.360 e. The number of hydrogen-bond donors (Lipinski definition) is 3. The van der Waals surface area contributed by atoms with E-state index in [1.54, 1.807) is 6.20 Å². The summed E-state index contributed by atoms with van der Waals surface area (Å²) in [5.41, 5.74) is 9.34. The molecule has 1 atom stereocenters. The number of halogens is 1. The van der Waals surface area contributed by atoms with Crippen molar-refractivity contribution in [1.29, 1.82) is 0 Å². The van der Waals surface area contributed by atoms with Crippen molar-refractivity contribution in [2.24, 2.45) is 5.73 Å². The molecule has 0 saturated heterocycles. The number of nitrogens with zero attached hydrogens (tertiary/aromatic N) is 3. The van der Waals surface area contributed by atoms with Crippen LogP contribution in [-0.4, -0.2) is 28.5 Å². The van der Waals surface area contributed by atoms with E-state index in [4.69, 9.17) is 17.3 Å². The van der Waals surface area contributed by atoms with Gasteiger partial charge in [-0.15, -0.1) is 0 Å². The van der Waals surface area contributed by atoms with Gasteiger partial charge in [-0.3, -0.25) is 4.98 Å². The Hall–Kier alpha value is -2.28. The molecule has 3 aromatic rings. The topological polar surface area (TPSA) is 88.8 Å². The predicted octanol–water partition coefficient (Wildman–Crippen LogP) is 2.51.